The summed E-state index contributed by atoms with van der Waals surface area (Å²) in [6.07, 6.45) is 1.55. The highest BCUT2D eigenvalue weighted by Gasteiger charge is 2.15. The minimum absolute atomic E-state index is 0.253. The zero-order valence-corrected chi connectivity index (χ0v) is 23.7. The average molecular weight is 649 g/mol. The maximum atomic E-state index is 12.8. The molecule has 37 heavy (non-hydrogen) atoms. The van der Waals surface area contributed by atoms with E-state index in [1.54, 1.807) is 30.5 Å². The van der Waals surface area contributed by atoms with E-state index in [0.717, 1.165) is 25.5 Å². The van der Waals surface area contributed by atoms with E-state index in [1.165, 1.54) is 7.11 Å². The van der Waals surface area contributed by atoms with E-state index in [-0.39, 0.29) is 12.5 Å². The number of carbonyl (C=O) groups excluding carboxylic acids is 1. The predicted octanol–water partition coefficient (Wildman–Crippen LogP) is 7.50. The van der Waals surface area contributed by atoms with Crippen LogP contribution in [0.3, 0.4) is 0 Å². The SMILES string of the molecule is CCOc1cc(/C=N\NC(=O)c2cc3ccccc3cc2OC)cc(I)c1OCc1ccc(Cl)cc1Cl. The van der Waals surface area contributed by atoms with Crippen LogP contribution in [0.4, 0.5) is 0 Å². The zero-order chi connectivity index (χ0) is 26.4. The van der Waals surface area contributed by atoms with E-state index < -0.39 is 0 Å². The molecule has 0 fully saturated rings. The molecule has 190 valence electrons. The molecule has 0 radical (unpaired) electrons. The molecule has 1 amide bonds. The van der Waals surface area contributed by atoms with Crippen LogP contribution >= 0.6 is 45.8 Å². The first kappa shape index (κ1) is 27.0. The number of methoxy groups -OCH3 is 1. The standard InChI is InChI=1S/C28H23Cl2IN2O4/c1-3-36-26-11-17(10-24(31)27(26)37-16-20-8-9-21(29)14-23(20)30)15-32-33-28(34)22-12-18-6-4-5-7-19(18)13-25(22)35-2/h4-15H,3,16H2,1-2H3,(H,33,34)/b32-15-. The van der Waals surface area contributed by atoms with Gasteiger partial charge in [0, 0.05) is 15.6 Å². The molecular formula is C28H23Cl2IN2O4. The van der Waals surface area contributed by atoms with Crippen molar-refractivity contribution < 1.29 is 19.0 Å². The molecule has 0 aliphatic rings. The molecule has 0 aromatic heterocycles. The van der Waals surface area contributed by atoms with Crippen LogP contribution < -0.4 is 19.6 Å². The molecule has 0 atom stereocenters. The lowest BCUT2D eigenvalue weighted by Crippen LogP contribution is -2.18. The van der Waals surface area contributed by atoms with Crippen molar-refractivity contribution in [3.05, 3.63) is 97.0 Å². The molecule has 4 aromatic rings. The van der Waals surface area contributed by atoms with Gasteiger partial charge in [-0.3, -0.25) is 4.79 Å². The summed E-state index contributed by atoms with van der Waals surface area (Å²) < 4.78 is 18.1. The summed E-state index contributed by atoms with van der Waals surface area (Å²) in [4.78, 5) is 12.8. The highest BCUT2D eigenvalue weighted by Crippen LogP contribution is 2.35. The summed E-state index contributed by atoms with van der Waals surface area (Å²) in [5.74, 6) is 1.25. The molecule has 0 saturated carbocycles. The molecule has 1 N–H and O–H groups in total. The molecule has 6 nitrogen and oxygen atoms in total. The van der Waals surface area contributed by atoms with Gasteiger partial charge in [-0.2, -0.15) is 5.10 Å². The van der Waals surface area contributed by atoms with E-state index in [1.807, 2.05) is 49.4 Å². The average Bonchev–Trinajstić information content (AvgIpc) is 2.88. The van der Waals surface area contributed by atoms with Gasteiger partial charge < -0.3 is 14.2 Å². The van der Waals surface area contributed by atoms with Gasteiger partial charge in [0.25, 0.3) is 5.91 Å². The van der Waals surface area contributed by atoms with Crippen LogP contribution in [0.1, 0.15) is 28.4 Å². The van der Waals surface area contributed by atoms with Crippen molar-refractivity contribution >= 4 is 68.7 Å². The Balaban J connectivity index is 1.51. The fourth-order valence-corrected chi connectivity index (χ4v) is 4.89. The number of hydrogen-bond donors (Lipinski definition) is 1. The highest BCUT2D eigenvalue weighted by atomic mass is 127. The van der Waals surface area contributed by atoms with E-state index in [0.29, 0.717) is 39.5 Å². The summed E-state index contributed by atoms with van der Waals surface area (Å²) in [7, 11) is 1.53. The van der Waals surface area contributed by atoms with Crippen LogP contribution in [-0.4, -0.2) is 25.8 Å². The second kappa shape index (κ2) is 12.5. The van der Waals surface area contributed by atoms with E-state index in [9.17, 15) is 4.79 Å². The van der Waals surface area contributed by atoms with Crippen LogP contribution in [0, 0.1) is 3.57 Å². The van der Waals surface area contributed by atoms with Crippen molar-refractivity contribution in [3.8, 4) is 17.2 Å². The van der Waals surface area contributed by atoms with Crippen LogP contribution in [0.25, 0.3) is 10.8 Å². The van der Waals surface area contributed by atoms with Gasteiger partial charge in [-0.1, -0.05) is 53.5 Å². The monoisotopic (exact) mass is 648 g/mol. The summed E-state index contributed by atoms with van der Waals surface area (Å²) in [6.45, 7) is 2.60. The number of nitrogens with zero attached hydrogens (tertiary/aromatic N) is 1. The summed E-state index contributed by atoms with van der Waals surface area (Å²) in [5.41, 5.74) is 4.52. The number of benzene rings is 4. The Morgan fingerprint density at radius 3 is 2.46 bits per heavy atom. The summed E-state index contributed by atoms with van der Waals surface area (Å²) in [6, 6.07) is 20.3. The molecule has 4 rings (SSSR count). The molecule has 0 bridgehead atoms. The predicted molar refractivity (Wildman–Crippen MR) is 157 cm³/mol. The number of carbonyl (C=O) groups is 1. The van der Waals surface area contributed by atoms with Crippen LogP contribution in [0.2, 0.25) is 10.0 Å². The van der Waals surface area contributed by atoms with Crippen molar-refractivity contribution in [2.45, 2.75) is 13.5 Å². The lowest BCUT2D eigenvalue weighted by molar-refractivity contribution is 0.0952. The first-order valence-electron chi connectivity index (χ1n) is 11.3. The normalized spacial score (nSPS) is 11.1. The third kappa shape index (κ3) is 6.66. The lowest BCUT2D eigenvalue weighted by Gasteiger charge is -2.15. The third-order valence-electron chi connectivity index (χ3n) is 5.41. The Labute approximate surface area is 238 Å². The largest absolute Gasteiger partial charge is 0.496 e. The molecule has 0 saturated heterocycles. The first-order chi connectivity index (χ1) is 17.9. The third-order valence-corrected chi connectivity index (χ3v) is 6.80. The number of rotatable bonds is 9. The Morgan fingerprint density at radius 2 is 1.76 bits per heavy atom. The number of ether oxygens (including phenoxy) is 3. The second-order valence-electron chi connectivity index (χ2n) is 7.89. The van der Waals surface area contributed by atoms with Gasteiger partial charge in [0.15, 0.2) is 11.5 Å². The van der Waals surface area contributed by atoms with Gasteiger partial charge in [0.05, 0.1) is 29.1 Å². The van der Waals surface area contributed by atoms with E-state index in [4.69, 9.17) is 37.4 Å². The zero-order valence-electron chi connectivity index (χ0n) is 20.1. The van der Waals surface area contributed by atoms with Gasteiger partial charge >= 0.3 is 0 Å². The molecule has 0 heterocycles. The van der Waals surface area contributed by atoms with Crippen LogP contribution in [0.5, 0.6) is 17.2 Å². The quantitative estimate of drug-likeness (QED) is 0.116. The Kier molecular flexibility index (Phi) is 9.13. The van der Waals surface area contributed by atoms with E-state index >= 15 is 0 Å². The summed E-state index contributed by atoms with van der Waals surface area (Å²) in [5, 5.41) is 7.16. The topological polar surface area (TPSA) is 69.2 Å². The van der Waals surface area contributed by atoms with Crippen LogP contribution in [0.15, 0.2) is 71.8 Å². The number of hydrogen-bond acceptors (Lipinski definition) is 5. The fraction of sp³-hybridized carbons (Fsp3) is 0.143. The molecular weight excluding hydrogens is 626 g/mol. The maximum absolute atomic E-state index is 12.8. The fourth-order valence-electron chi connectivity index (χ4n) is 3.65. The van der Waals surface area contributed by atoms with Crippen molar-refractivity contribution in [2.24, 2.45) is 5.10 Å². The number of hydrazone groups is 1. The smallest absolute Gasteiger partial charge is 0.275 e. The number of halogens is 3. The van der Waals surface area contributed by atoms with Gasteiger partial charge in [0.2, 0.25) is 0 Å². The molecule has 4 aromatic carbocycles. The van der Waals surface area contributed by atoms with Crippen molar-refractivity contribution in [3.63, 3.8) is 0 Å². The van der Waals surface area contributed by atoms with E-state index in [2.05, 4.69) is 33.1 Å². The minimum atomic E-state index is -0.377. The second-order valence-corrected chi connectivity index (χ2v) is 9.89. The van der Waals surface area contributed by atoms with Crippen molar-refractivity contribution in [1.82, 2.24) is 5.43 Å². The Bertz CT molecular complexity index is 1480. The molecule has 0 aliphatic heterocycles. The number of fused-ring (bicyclic) bond motifs is 1. The Morgan fingerprint density at radius 1 is 1.00 bits per heavy atom. The maximum Gasteiger partial charge on any atom is 0.275 e. The van der Waals surface area contributed by atoms with Gasteiger partial charge in [0.1, 0.15) is 12.4 Å². The molecule has 0 unspecified atom stereocenters. The van der Waals surface area contributed by atoms with Crippen molar-refractivity contribution in [1.29, 1.82) is 0 Å². The van der Waals surface area contributed by atoms with Gasteiger partial charge in [-0.05, 0) is 82.2 Å². The van der Waals surface area contributed by atoms with Crippen molar-refractivity contribution in [2.75, 3.05) is 13.7 Å². The molecule has 9 heteroatoms. The number of nitrogens with one attached hydrogen (secondary N) is 1. The van der Waals surface area contributed by atoms with Gasteiger partial charge in [-0.15, -0.1) is 0 Å². The van der Waals surface area contributed by atoms with Crippen LogP contribution in [-0.2, 0) is 6.61 Å². The Hall–Kier alpha value is -3.01. The number of amides is 1. The molecule has 0 aliphatic carbocycles. The minimum Gasteiger partial charge on any atom is -0.496 e. The van der Waals surface area contributed by atoms with Gasteiger partial charge in [-0.25, -0.2) is 5.43 Å². The summed E-state index contributed by atoms with van der Waals surface area (Å²) >= 11 is 14.4. The highest BCUT2D eigenvalue weighted by molar-refractivity contribution is 14.1. The first-order valence-corrected chi connectivity index (χ1v) is 13.2. The lowest BCUT2D eigenvalue weighted by atomic mass is 10.1. The molecule has 0 spiro atoms.